The maximum atomic E-state index is 11.8. The van der Waals surface area contributed by atoms with Gasteiger partial charge in [0.15, 0.2) is 0 Å². The molecule has 0 radical (unpaired) electrons. The molecule has 3 aromatic carbocycles. The zero-order valence-electron chi connectivity index (χ0n) is 18.1. The van der Waals surface area contributed by atoms with Crippen molar-refractivity contribution in [1.82, 2.24) is 0 Å². The van der Waals surface area contributed by atoms with E-state index in [4.69, 9.17) is 19.3 Å². The number of anilines is 1. The fourth-order valence-electron chi connectivity index (χ4n) is 3.76. The number of rotatable bonds is 8. The molecule has 0 aromatic heterocycles. The highest BCUT2D eigenvalue weighted by Crippen LogP contribution is 2.49. The van der Waals surface area contributed by atoms with Crippen LogP contribution in [-0.2, 0) is 14.8 Å². The summed E-state index contributed by atoms with van der Waals surface area (Å²) in [5.41, 5.74) is 3.70. The highest BCUT2D eigenvalue weighted by molar-refractivity contribution is 7.92. The van der Waals surface area contributed by atoms with Gasteiger partial charge in [0.1, 0.15) is 23.4 Å². The smallest absolute Gasteiger partial charge is 0.306 e. The third kappa shape index (κ3) is 5.04. The van der Waals surface area contributed by atoms with Gasteiger partial charge in [-0.05, 0) is 47.5 Å². The predicted molar refractivity (Wildman–Crippen MR) is 124 cm³/mol. The summed E-state index contributed by atoms with van der Waals surface area (Å²) in [5, 5.41) is 8.76. The highest BCUT2D eigenvalue weighted by atomic mass is 32.2. The van der Waals surface area contributed by atoms with Gasteiger partial charge in [-0.25, -0.2) is 8.42 Å². The van der Waals surface area contributed by atoms with Crippen LogP contribution in [0.3, 0.4) is 0 Å². The molecule has 2 N–H and O–H groups in total. The lowest BCUT2D eigenvalue weighted by molar-refractivity contribution is -0.137. The Kier molecular flexibility index (Phi) is 6.15. The molecular formula is C24H23NO7S. The summed E-state index contributed by atoms with van der Waals surface area (Å²) in [6.45, 7) is 0.0745. The maximum Gasteiger partial charge on any atom is 0.306 e. The van der Waals surface area contributed by atoms with E-state index in [2.05, 4.69) is 4.72 Å². The Labute approximate surface area is 191 Å². The monoisotopic (exact) mass is 469 g/mol. The van der Waals surface area contributed by atoms with Crippen LogP contribution in [0.2, 0.25) is 0 Å². The van der Waals surface area contributed by atoms with Gasteiger partial charge in [-0.15, -0.1) is 0 Å². The molecule has 172 valence electrons. The van der Waals surface area contributed by atoms with Crippen LogP contribution in [0.5, 0.6) is 17.2 Å². The normalized spacial score (nSPS) is 14.4. The molecule has 4 rings (SSSR count). The van der Waals surface area contributed by atoms with E-state index < -0.39 is 22.1 Å². The molecule has 1 unspecified atom stereocenters. The molecule has 9 heteroatoms. The number of hydrogen-bond donors (Lipinski definition) is 2. The lowest BCUT2D eigenvalue weighted by atomic mass is 9.89. The number of carboxylic acids is 1. The zero-order chi connectivity index (χ0) is 23.6. The Morgan fingerprint density at radius 3 is 2.55 bits per heavy atom. The number of nitrogens with one attached hydrogen (secondary N) is 1. The van der Waals surface area contributed by atoms with Crippen LogP contribution in [-0.4, -0.2) is 39.5 Å². The van der Waals surface area contributed by atoms with Gasteiger partial charge in [0.25, 0.3) is 0 Å². The van der Waals surface area contributed by atoms with Crippen LogP contribution in [0.15, 0.2) is 60.7 Å². The Morgan fingerprint density at radius 2 is 1.88 bits per heavy atom. The van der Waals surface area contributed by atoms with E-state index >= 15 is 0 Å². The van der Waals surface area contributed by atoms with Crippen molar-refractivity contribution in [2.75, 3.05) is 24.7 Å². The number of carbonyl (C=O) groups is 1. The molecular weight excluding hydrogens is 446 g/mol. The molecule has 33 heavy (non-hydrogen) atoms. The van der Waals surface area contributed by atoms with E-state index in [-0.39, 0.29) is 13.0 Å². The summed E-state index contributed by atoms with van der Waals surface area (Å²) in [7, 11) is -1.87. The largest absolute Gasteiger partial charge is 0.496 e. The fourth-order valence-corrected chi connectivity index (χ4v) is 4.32. The first-order valence-electron chi connectivity index (χ1n) is 10.2. The number of aliphatic carboxylic acids is 1. The van der Waals surface area contributed by atoms with E-state index in [1.807, 2.05) is 36.4 Å². The molecule has 1 heterocycles. The summed E-state index contributed by atoms with van der Waals surface area (Å²) < 4.78 is 43.4. The Bertz CT molecular complexity index is 1290. The Balaban J connectivity index is 1.74. The third-order valence-electron chi connectivity index (χ3n) is 5.13. The number of benzene rings is 3. The zero-order valence-corrected chi connectivity index (χ0v) is 18.9. The molecule has 0 saturated carbocycles. The minimum atomic E-state index is -3.45. The molecule has 1 atom stereocenters. The van der Waals surface area contributed by atoms with Gasteiger partial charge in [-0.3, -0.25) is 9.52 Å². The molecule has 0 bridgehead atoms. The van der Waals surface area contributed by atoms with Gasteiger partial charge < -0.3 is 19.3 Å². The van der Waals surface area contributed by atoms with Crippen LogP contribution in [0.1, 0.15) is 23.7 Å². The van der Waals surface area contributed by atoms with E-state index in [9.17, 15) is 13.2 Å². The second-order valence-electron chi connectivity index (χ2n) is 7.57. The van der Waals surface area contributed by atoms with Crippen molar-refractivity contribution in [3.63, 3.8) is 0 Å². The fraction of sp³-hybridized carbons (Fsp3) is 0.208. The van der Waals surface area contributed by atoms with Gasteiger partial charge in [0.2, 0.25) is 10.0 Å². The number of fused-ring (bicyclic) bond motifs is 3. The Hall–Kier alpha value is -3.72. The maximum absolute atomic E-state index is 11.8. The van der Waals surface area contributed by atoms with E-state index in [1.54, 1.807) is 31.4 Å². The first-order valence-corrected chi connectivity index (χ1v) is 12.0. The predicted octanol–water partition coefficient (Wildman–Crippen LogP) is 4.07. The summed E-state index contributed by atoms with van der Waals surface area (Å²) in [6, 6.07) is 18.0. The van der Waals surface area contributed by atoms with Gasteiger partial charge in [-0.2, -0.15) is 0 Å². The molecule has 0 saturated heterocycles. The van der Waals surface area contributed by atoms with Crippen LogP contribution < -0.4 is 18.9 Å². The van der Waals surface area contributed by atoms with Gasteiger partial charge in [0.05, 0.1) is 32.0 Å². The average Bonchev–Trinajstić information content (AvgIpc) is 2.77. The third-order valence-corrected chi connectivity index (χ3v) is 5.73. The van der Waals surface area contributed by atoms with Crippen molar-refractivity contribution >= 4 is 21.7 Å². The second kappa shape index (κ2) is 9.03. The van der Waals surface area contributed by atoms with Crippen LogP contribution in [0.4, 0.5) is 5.69 Å². The van der Waals surface area contributed by atoms with Crippen LogP contribution >= 0.6 is 0 Å². The minimum absolute atomic E-state index is 0.0745. The first kappa shape index (κ1) is 22.5. The van der Waals surface area contributed by atoms with Gasteiger partial charge in [0, 0.05) is 11.3 Å². The van der Waals surface area contributed by atoms with E-state index in [0.29, 0.717) is 22.9 Å². The summed E-state index contributed by atoms with van der Waals surface area (Å²) in [5.74, 6) is 0.924. The summed E-state index contributed by atoms with van der Waals surface area (Å²) in [4.78, 5) is 10.7. The standard InChI is InChI=1S/C24H23NO7S/c1-30-20-4-3-5-21-23(20)18-11-8-16(25-33(2,28)29)14-19(18)24(32-21)15-6-9-17(10-7-15)31-13-12-22(26)27/h3-11,14,24-25H,12-13H2,1-2H3,(H,26,27). The van der Waals surface area contributed by atoms with Gasteiger partial charge in [-0.1, -0.05) is 24.3 Å². The number of ether oxygens (including phenoxy) is 3. The van der Waals surface area contributed by atoms with Crippen molar-refractivity contribution < 1.29 is 32.5 Å². The van der Waals surface area contributed by atoms with Crippen molar-refractivity contribution in [3.05, 3.63) is 71.8 Å². The highest BCUT2D eigenvalue weighted by Gasteiger charge is 2.30. The summed E-state index contributed by atoms with van der Waals surface area (Å²) in [6.07, 6.45) is 0.506. The summed E-state index contributed by atoms with van der Waals surface area (Å²) >= 11 is 0. The number of hydrogen-bond acceptors (Lipinski definition) is 6. The molecule has 8 nitrogen and oxygen atoms in total. The minimum Gasteiger partial charge on any atom is -0.496 e. The molecule has 3 aromatic rings. The van der Waals surface area contributed by atoms with Crippen molar-refractivity contribution in [3.8, 4) is 28.4 Å². The first-order chi connectivity index (χ1) is 15.7. The molecule has 0 fully saturated rings. The van der Waals surface area contributed by atoms with Crippen molar-refractivity contribution in [1.29, 1.82) is 0 Å². The van der Waals surface area contributed by atoms with Crippen molar-refractivity contribution in [2.45, 2.75) is 12.5 Å². The van der Waals surface area contributed by atoms with E-state index in [1.165, 1.54) is 0 Å². The lowest BCUT2D eigenvalue weighted by Crippen LogP contribution is -2.17. The molecule has 0 spiro atoms. The van der Waals surface area contributed by atoms with Gasteiger partial charge >= 0.3 is 5.97 Å². The van der Waals surface area contributed by atoms with Crippen LogP contribution in [0, 0.1) is 0 Å². The number of sulfonamides is 1. The Morgan fingerprint density at radius 1 is 1.12 bits per heavy atom. The molecule has 0 aliphatic carbocycles. The quantitative estimate of drug-likeness (QED) is 0.512. The molecule has 1 aliphatic rings. The second-order valence-corrected chi connectivity index (χ2v) is 9.32. The SMILES string of the molecule is COc1cccc2c1-c1ccc(NS(C)(=O)=O)cc1C(c1ccc(OCCC(=O)O)cc1)O2. The number of methoxy groups -OCH3 is 1. The van der Waals surface area contributed by atoms with Crippen molar-refractivity contribution in [2.24, 2.45) is 0 Å². The topological polar surface area (TPSA) is 111 Å². The molecule has 0 amide bonds. The molecule has 1 aliphatic heterocycles. The van der Waals surface area contributed by atoms with Crippen LogP contribution in [0.25, 0.3) is 11.1 Å². The lowest BCUT2D eigenvalue weighted by Gasteiger charge is -2.30. The number of carboxylic acid groups (broad SMARTS) is 1. The van der Waals surface area contributed by atoms with E-state index in [0.717, 1.165) is 28.5 Å². The average molecular weight is 470 g/mol.